The maximum Gasteiger partial charge on any atom is 0.210 e. The Bertz CT molecular complexity index is 557. The topological polar surface area (TPSA) is 86.2 Å². The minimum Gasteiger partial charge on any atom is -0.497 e. The molecular formula is C14H20N4O2S. The van der Waals surface area contributed by atoms with E-state index < -0.39 is 0 Å². The van der Waals surface area contributed by atoms with E-state index >= 15 is 0 Å². The minimum absolute atomic E-state index is 0.249. The van der Waals surface area contributed by atoms with Gasteiger partial charge in [-0.2, -0.15) is 0 Å². The Balaban J connectivity index is 1.98. The Morgan fingerprint density at radius 3 is 2.62 bits per heavy atom. The average molecular weight is 308 g/mol. The molecule has 1 aromatic carbocycles. The molecule has 1 aromatic heterocycles. The molecule has 0 saturated heterocycles. The molecule has 0 spiro atoms. The normalized spacial score (nSPS) is 10.8. The van der Waals surface area contributed by atoms with E-state index in [1.54, 1.807) is 18.9 Å². The minimum atomic E-state index is 0.249. The number of nitrogen functional groups attached to an aromatic ring is 1. The number of hydrogen-bond acceptors (Lipinski definition) is 6. The van der Waals surface area contributed by atoms with E-state index in [4.69, 9.17) is 15.7 Å². The van der Waals surface area contributed by atoms with Crippen LogP contribution in [0.5, 0.6) is 5.75 Å². The third-order valence-corrected chi connectivity index (χ3v) is 4.08. The van der Waals surface area contributed by atoms with E-state index in [2.05, 4.69) is 10.2 Å². The van der Waals surface area contributed by atoms with Gasteiger partial charge in [0.25, 0.3) is 0 Å². The smallest absolute Gasteiger partial charge is 0.210 e. The number of methoxy groups -OCH3 is 1. The van der Waals surface area contributed by atoms with Crippen molar-refractivity contribution in [1.29, 1.82) is 0 Å². The Kier molecular flexibility index (Phi) is 5.89. The molecule has 6 nitrogen and oxygen atoms in total. The molecule has 3 N–H and O–H groups in total. The molecule has 0 unspecified atom stereocenters. The van der Waals surface area contributed by atoms with Crippen molar-refractivity contribution in [3.05, 3.63) is 24.3 Å². The van der Waals surface area contributed by atoms with Crippen LogP contribution < -0.4 is 10.6 Å². The van der Waals surface area contributed by atoms with E-state index in [0.717, 1.165) is 36.3 Å². The third kappa shape index (κ3) is 4.12. The largest absolute Gasteiger partial charge is 0.497 e. The van der Waals surface area contributed by atoms with Crippen molar-refractivity contribution in [3.8, 4) is 17.1 Å². The van der Waals surface area contributed by atoms with Crippen LogP contribution in [0, 0.1) is 0 Å². The van der Waals surface area contributed by atoms with Crippen molar-refractivity contribution >= 4 is 11.8 Å². The monoisotopic (exact) mass is 308 g/mol. The van der Waals surface area contributed by atoms with Crippen molar-refractivity contribution in [2.45, 2.75) is 24.4 Å². The first-order chi connectivity index (χ1) is 10.3. The van der Waals surface area contributed by atoms with Gasteiger partial charge in [-0.15, -0.1) is 10.2 Å². The summed E-state index contributed by atoms with van der Waals surface area (Å²) < 4.78 is 6.64. The van der Waals surface area contributed by atoms with Crippen LogP contribution in [-0.4, -0.2) is 39.4 Å². The van der Waals surface area contributed by atoms with Crippen LogP contribution in [0.4, 0.5) is 0 Å². The zero-order valence-corrected chi connectivity index (χ0v) is 12.8. The zero-order valence-electron chi connectivity index (χ0n) is 12.0. The standard InChI is InChI=1S/C14H20N4O2S/c1-20-12-7-5-11(6-8-12)13-16-17-14(18(13)15)21-10-4-2-3-9-19/h5-8,19H,2-4,9-10,15H2,1H3. The molecule has 0 saturated carbocycles. The third-order valence-electron chi connectivity index (χ3n) is 3.05. The van der Waals surface area contributed by atoms with E-state index in [1.807, 2.05) is 24.3 Å². The summed E-state index contributed by atoms with van der Waals surface area (Å²) in [4.78, 5) is 0. The summed E-state index contributed by atoms with van der Waals surface area (Å²) in [6, 6.07) is 7.54. The summed E-state index contributed by atoms with van der Waals surface area (Å²) in [6.07, 6.45) is 2.87. The lowest BCUT2D eigenvalue weighted by molar-refractivity contribution is 0.284. The predicted molar refractivity (Wildman–Crippen MR) is 83.8 cm³/mol. The highest BCUT2D eigenvalue weighted by atomic mass is 32.2. The summed E-state index contributed by atoms with van der Waals surface area (Å²) in [5.74, 6) is 8.39. The molecule has 0 aliphatic rings. The van der Waals surface area contributed by atoms with Crippen molar-refractivity contribution in [2.75, 3.05) is 25.3 Å². The number of aromatic nitrogens is 3. The Morgan fingerprint density at radius 2 is 1.95 bits per heavy atom. The Labute approximate surface area is 128 Å². The highest BCUT2D eigenvalue weighted by Crippen LogP contribution is 2.24. The molecule has 114 valence electrons. The van der Waals surface area contributed by atoms with Gasteiger partial charge in [0.05, 0.1) is 7.11 Å². The van der Waals surface area contributed by atoms with Gasteiger partial charge in [-0.05, 0) is 37.1 Å². The van der Waals surface area contributed by atoms with Gasteiger partial charge in [0, 0.05) is 17.9 Å². The molecule has 1 heterocycles. The van der Waals surface area contributed by atoms with Gasteiger partial charge in [0.1, 0.15) is 5.75 Å². The number of hydrogen-bond donors (Lipinski definition) is 2. The van der Waals surface area contributed by atoms with Gasteiger partial charge < -0.3 is 15.7 Å². The highest BCUT2D eigenvalue weighted by molar-refractivity contribution is 7.99. The average Bonchev–Trinajstić information content (AvgIpc) is 2.88. The summed E-state index contributed by atoms with van der Waals surface area (Å²) >= 11 is 1.58. The first kappa shape index (κ1) is 15.7. The maximum atomic E-state index is 8.73. The molecule has 0 radical (unpaired) electrons. The number of thioether (sulfide) groups is 1. The number of ether oxygens (including phenoxy) is 1. The lowest BCUT2D eigenvalue weighted by Crippen LogP contribution is -2.11. The second-order valence-corrected chi connectivity index (χ2v) is 5.60. The number of unbranched alkanes of at least 4 members (excludes halogenated alkanes) is 2. The van der Waals surface area contributed by atoms with Crippen LogP contribution in [0.3, 0.4) is 0 Å². The number of nitrogens with two attached hydrogens (primary N) is 1. The number of benzene rings is 1. The van der Waals surface area contributed by atoms with Crippen molar-refractivity contribution in [2.24, 2.45) is 0 Å². The first-order valence-corrected chi connectivity index (χ1v) is 7.83. The van der Waals surface area contributed by atoms with Crippen LogP contribution in [0.1, 0.15) is 19.3 Å². The first-order valence-electron chi connectivity index (χ1n) is 6.85. The van der Waals surface area contributed by atoms with Crippen LogP contribution >= 0.6 is 11.8 Å². The van der Waals surface area contributed by atoms with Gasteiger partial charge in [-0.3, -0.25) is 0 Å². The van der Waals surface area contributed by atoms with Gasteiger partial charge >= 0.3 is 0 Å². The van der Waals surface area contributed by atoms with E-state index in [-0.39, 0.29) is 6.61 Å². The number of aliphatic hydroxyl groups is 1. The zero-order chi connectivity index (χ0) is 15.1. The molecule has 2 aromatic rings. The molecule has 0 aliphatic heterocycles. The summed E-state index contributed by atoms with van der Waals surface area (Å²) in [5.41, 5.74) is 0.901. The van der Waals surface area contributed by atoms with Crippen molar-refractivity contribution in [1.82, 2.24) is 14.9 Å². The van der Waals surface area contributed by atoms with Crippen LogP contribution in [0.2, 0.25) is 0 Å². The highest BCUT2D eigenvalue weighted by Gasteiger charge is 2.11. The van der Waals surface area contributed by atoms with Crippen molar-refractivity contribution in [3.63, 3.8) is 0 Å². The summed E-state index contributed by atoms with van der Waals surface area (Å²) in [5, 5.41) is 17.7. The second kappa shape index (κ2) is 7.90. The lowest BCUT2D eigenvalue weighted by atomic mass is 10.2. The molecule has 0 atom stereocenters. The predicted octanol–water partition coefficient (Wildman–Crippen LogP) is 1.92. The van der Waals surface area contributed by atoms with Crippen LogP contribution in [0.15, 0.2) is 29.4 Å². The lowest BCUT2D eigenvalue weighted by Gasteiger charge is -2.04. The molecule has 0 bridgehead atoms. The quantitative estimate of drug-likeness (QED) is 0.440. The molecule has 0 aliphatic carbocycles. The van der Waals surface area contributed by atoms with Crippen molar-refractivity contribution < 1.29 is 9.84 Å². The van der Waals surface area contributed by atoms with Crippen LogP contribution in [-0.2, 0) is 0 Å². The van der Waals surface area contributed by atoms with Gasteiger partial charge in [0.15, 0.2) is 5.82 Å². The Hall–Kier alpha value is -1.73. The molecule has 2 rings (SSSR count). The number of rotatable bonds is 8. The maximum absolute atomic E-state index is 8.73. The Morgan fingerprint density at radius 1 is 1.19 bits per heavy atom. The summed E-state index contributed by atoms with van der Waals surface area (Å²) in [6.45, 7) is 0.249. The fraction of sp³-hybridized carbons (Fsp3) is 0.429. The van der Waals surface area contributed by atoms with Gasteiger partial charge in [0.2, 0.25) is 5.16 Å². The fourth-order valence-electron chi connectivity index (χ4n) is 1.87. The SMILES string of the molecule is COc1ccc(-c2nnc(SCCCCCO)n2N)cc1. The molecule has 0 amide bonds. The van der Waals surface area contributed by atoms with E-state index in [0.29, 0.717) is 11.0 Å². The second-order valence-electron chi connectivity index (χ2n) is 4.54. The van der Waals surface area contributed by atoms with E-state index in [1.165, 1.54) is 4.68 Å². The van der Waals surface area contributed by atoms with E-state index in [9.17, 15) is 0 Å². The number of nitrogens with zero attached hydrogens (tertiary/aromatic N) is 3. The molecule has 7 heteroatoms. The van der Waals surface area contributed by atoms with Crippen LogP contribution in [0.25, 0.3) is 11.4 Å². The molecule has 0 fully saturated rings. The molecular weight excluding hydrogens is 288 g/mol. The van der Waals surface area contributed by atoms with Gasteiger partial charge in [-0.25, -0.2) is 4.68 Å². The molecule has 21 heavy (non-hydrogen) atoms. The summed E-state index contributed by atoms with van der Waals surface area (Å²) in [7, 11) is 1.63. The number of aliphatic hydroxyl groups excluding tert-OH is 1. The fourth-order valence-corrected chi connectivity index (χ4v) is 2.72. The van der Waals surface area contributed by atoms with Gasteiger partial charge in [-0.1, -0.05) is 18.2 Å².